The second-order valence-corrected chi connectivity index (χ2v) is 8.16. The lowest BCUT2D eigenvalue weighted by Gasteiger charge is -1.97. The highest BCUT2D eigenvalue weighted by Crippen LogP contribution is 2.32. The summed E-state index contributed by atoms with van der Waals surface area (Å²) in [6, 6.07) is 6.05. The summed E-state index contributed by atoms with van der Waals surface area (Å²) in [6.07, 6.45) is 10.7. The number of rotatable bonds is 9. The molecule has 3 aromatic rings. The first-order chi connectivity index (χ1) is 13.2. The molecule has 0 saturated heterocycles. The van der Waals surface area contributed by atoms with Crippen molar-refractivity contribution in [1.82, 2.24) is 15.4 Å². The van der Waals surface area contributed by atoms with E-state index < -0.39 is 0 Å². The first kappa shape index (κ1) is 19.8. The van der Waals surface area contributed by atoms with E-state index >= 15 is 0 Å². The number of hydrazone groups is 1. The molecular weight excluding hydrogens is 424 g/mol. The third-order valence-electron chi connectivity index (χ3n) is 4.31. The summed E-state index contributed by atoms with van der Waals surface area (Å²) in [7, 11) is 0. The minimum atomic E-state index is -0.277. The SMILES string of the molecule is CCCCCCC/C=N/NC(=O)c1csc(-c2c[nH]c3ccc(Br)cc23)n1. The molecule has 2 aromatic heterocycles. The van der Waals surface area contributed by atoms with Crippen LogP contribution in [-0.4, -0.2) is 22.1 Å². The van der Waals surface area contributed by atoms with Crippen molar-refractivity contribution < 1.29 is 4.79 Å². The van der Waals surface area contributed by atoms with Gasteiger partial charge in [-0.05, 0) is 31.0 Å². The van der Waals surface area contributed by atoms with Gasteiger partial charge in [-0.2, -0.15) is 5.10 Å². The van der Waals surface area contributed by atoms with E-state index in [4.69, 9.17) is 0 Å². The molecule has 27 heavy (non-hydrogen) atoms. The molecule has 0 aliphatic carbocycles. The van der Waals surface area contributed by atoms with E-state index in [2.05, 4.69) is 43.3 Å². The first-order valence-corrected chi connectivity index (χ1v) is 10.9. The van der Waals surface area contributed by atoms with Gasteiger partial charge in [0.25, 0.3) is 5.91 Å². The fourth-order valence-corrected chi connectivity index (χ4v) is 4.03. The Hall–Kier alpha value is -1.99. The molecule has 0 aliphatic rings. The zero-order valence-corrected chi connectivity index (χ0v) is 17.7. The molecule has 0 bridgehead atoms. The molecule has 0 saturated carbocycles. The van der Waals surface area contributed by atoms with Crippen LogP contribution in [0.1, 0.15) is 55.9 Å². The van der Waals surface area contributed by atoms with Gasteiger partial charge < -0.3 is 4.98 Å². The van der Waals surface area contributed by atoms with E-state index in [1.807, 2.05) is 24.4 Å². The summed E-state index contributed by atoms with van der Waals surface area (Å²) in [6.45, 7) is 2.21. The van der Waals surface area contributed by atoms with Gasteiger partial charge in [-0.25, -0.2) is 10.4 Å². The zero-order valence-electron chi connectivity index (χ0n) is 15.3. The molecule has 0 atom stereocenters. The summed E-state index contributed by atoms with van der Waals surface area (Å²) in [5.41, 5.74) is 4.99. The standard InChI is InChI=1S/C20H23BrN4OS/c1-2-3-4-5-6-7-10-23-25-19(26)18-13-27-20(24-18)16-12-22-17-9-8-14(21)11-15(16)17/h8-13,22H,2-7H2,1H3,(H,25,26)/b23-10+. The maximum atomic E-state index is 12.2. The topological polar surface area (TPSA) is 70.1 Å². The number of fused-ring (bicyclic) bond motifs is 1. The van der Waals surface area contributed by atoms with Gasteiger partial charge in [-0.1, -0.05) is 48.5 Å². The second-order valence-electron chi connectivity index (χ2n) is 6.39. The number of thiazole rings is 1. The van der Waals surface area contributed by atoms with Crippen molar-refractivity contribution in [2.45, 2.75) is 45.4 Å². The van der Waals surface area contributed by atoms with Crippen molar-refractivity contribution >= 4 is 50.3 Å². The minimum absolute atomic E-state index is 0.277. The number of carbonyl (C=O) groups excluding carboxylic acids is 1. The largest absolute Gasteiger partial charge is 0.360 e. The third kappa shape index (κ3) is 5.26. The molecule has 5 nitrogen and oxygen atoms in total. The van der Waals surface area contributed by atoms with E-state index in [0.29, 0.717) is 5.69 Å². The molecule has 3 rings (SSSR count). The van der Waals surface area contributed by atoms with Crippen molar-refractivity contribution in [3.63, 3.8) is 0 Å². The number of nitrogens with zero attached hydrogens (tertiary/aromatic N) is 2. The Morgan fingerprint density at radius 3 is 3.04 bits per heavy atom. The van der Waals surface area contributed by atoms with E-state index in [1.165, 1.54) is 37.0 Å². The Bertz CT molecular complexity index is 931. The molecule has 0 aliphatic heterocycles. The smallest absolute Gasteiger partial charge is 0.290 e. The number of benzene rings is 1. The number of amides is 1. The van der Waals surface area contributed by atoms with Crippen LogP contribution in [0.5, 0.6) is 0 Å². The van der Waals surface area contributed by atoms with Gasteiger partial charge in [-0.15, -0.1) is 11.3 Å². The lowest BCUT2D eigenvalue weighted by molar-refractivity contribution is 0.0951. The van der Waals surface area contributed by atoms with Crippen LogP contribution in [0.2, 0.25) is 0 Å². The van der Waals surface area contributed by atoms with E-state index in [-0.39, 0.29) is 5.91 Å². The van der Waals surface area contributed by atoms with Gasteiger partial charge >= 0.3 is 0 Å². The number of carbonyl (C=O) groups is 1. The Morgan fingerprint density at radius 2 is 2.19 bits per heavy atom. The maximum absolute atomic E-state index is 12.2. The number of nitrogens with one attached hydrogen (secondary N) is 2. The number of hydrogen-bond acceptors (Lipinski definition) is 4. The highest BCUT2D eigenvalue weighted by atomic mass is 79.9. The van der Waals surface area contributed by atoms with Crippen molar-refractivity contribution in [2.75, 3.05) is 0 Å². The summed E-state index contributed by atoms with van der Waals surface area (Å²) in [5.74, 6) is -0.277. The van der Waals surface area contributed by atoms with E-state index in [9.17, 15) is 4.79 Å². The Balaban J connectivity index is 1.57. The minimum Gasteiger partial charge on any atom is -0.360 e. The average molecular weight is 447 g/mol. The maximum Gasteiger partial charge on any atom is 0.290 e. The van der Waals surface area contributed by atoms with Gasteiger partial charge in [0, 0.05) is 38.7 Å². The van der Waals surface area contributed by atoms with E-state index in [1.54, 1.807) is 11.6 Å². The van der Waals surface area contributed by atoms with Crippen molar-refractivity contribution in [3.05, 3.63) is 39.9 Å². The summed E-state index contributed by atoms with van der Waals surface area (Å²) in [5, 5.41) is 7.68. The lowest BCUT2D eigenvalue weighted by atomic mass is 10.1. The Kier molecular flexibility index (Phi) is 7.18. The van der Waals surface area contributed by atoms with Crippen molar-refractivity contribution in [1.29, 1.82) is 0 Å². The second kappa shape index (κ2) is 9.80. The molecule has 142 valence electrons. The van der Waals surface area contributed by atoms with Gasteiger partial charge in [0.2, 0.25) is 0 Å². The van der Waals surface area contributed by atoms with Crippen LogP contribution in [0.3, 0.4) is 0 Å². The highest BCUT2D eigenvalue weighted by Gasteiger charge is 2.14. The van der Waals surface area contributed by atoms with Crippen molar-refractivity contribution in [2.24, 2.45) is 5.10 Å². The van der Waals surface area contributed by atoms with Crippen LogP contribution >= 0.6 is 27.3 Å². The molecule has 1 aromatic carbocycles. The molecule has 0 unspecified atom stereocenters. The van der Waals surface area contributed by atoms with Crippen LogP contribution < -0.4 is 5.43 Å². The number of unbranched alkanes of at least 4 members (excludes halogenated alkanes) is 5. The molecule has 7 heteroatoms. The van der Waals surface area contributed by atoms with Crippen LogP contribution in [0, 0.1) is 0 Å². The Labute approximate surface area is 171 Å². The molecule has 0 radical (unpaired) electrons. The zero-order chi connectivity index (χ0) is 19.1. The predicted molar refractivity (Wildman–Crippen MR) is 116 cm³/mol. The lowest BCUT2D eigenvalue weighted by Crippen LogP contribution is -2.17. The fourth-order valence-electron chi connectivity index (χ4n) is 2.84. The van der Waals surface area contributed by atoms with Gasteiger partial charge in [0.15, 0.2) is 0 Å². The van der Waals surface area contributed by atoms with Crippen LogP contribution in [0.25, 0.3) is 21.5 Å². The number of aromatic nitrogens is 2. The predicted octanol–water partition coefficient (Wildman–Crippen LogP) is 6.13. The number of H-pyrrole nitrogens is 1. The van der Waals surface area contributed by atoms with E-state index in [0.717, 1.165) is 38.8 Å². The third-order valence-corrected chi connectivity index (χ3v) is 5.67. The number of halogens is 1. The quantitative estimate of drug-likeness (QED) is 0.235. The van der Waals surface area contributed by atoms with Gasteiger partial charge in [0.05, 0.1) is 0 Å². The van der Waals surface area contributed by atoms with Crippen LogP contribution in [0.15, 0.2) is 39.4 Å². The fraction of sp³-hybridized carbons (Fsp3) is 0.350. The summed E-state index contributed by atoms with van der Waals surface area (Å²) >= 11 is 4.95. The summed E-state index contributed by atoms with van der Waals surface area (Å²) in [4.78, 5) is 19.9. The monoisotopic (exact) mass is 446 g/mol. The molecule has 2 N–H and O–H groups in total. The van der Waals surface area contributed by atoms with Crippen LogP contribution in [-0.2, 0) is 0 Å². The Morgan fingerprint density at radius 1 is 1.33 bits per heavy atom. The number of aromatic amines is 1. The molecule has 0 spiro atoms. The van der Waals surface area contributed by atoms with Crippen molar-refractivity contribution in [3.8, 4) is 10.6 Å². The molecule has 2 heterocycles. The molecule has 0 fully saturated rings. The average Bonchev–Trinajstić information content (AvgIpc) is 3.30. The normalized spacial score (nSPS) is 11.5. The van der Waals surface area contributed by atoms with Crippen LogP contribution in [0.4, 0.5) is 0 Å². The first-order valence-electron chi connectivity index (χ1n) is 9.23. The summed E-state index contributed by atoms with van der Waals surface area (Å²) < 4.78 is 1.01. The highest BCUT2D eigenvalue weighted by molar-refractivity contribution is 9.10. The molecule has 1 amide bonds. The number of hydrogen-bond donors (Lipinski definition) is 2. The van der Waals surface area contributed by atoms with Gasteiger partial charge in [-0.3, -0.25) is 4.79 Å². The van der Waals surface area contributed by atoms with Gasteiger partial charge in [0.1, 0.15) is 10.7 Å². The molecular formula is C20H23BrN4OS.